The van der Waals surface area contributed by atoms with E-state index in [1.807, 2.05) is 0 Å². The van der Waals surface area contributed by atoms with Crippen LogP contribution in [0.1, 0.15) is 56.6 Å². The molecule has 4 aromatic rings. The van der Waals surface area contributed by atoms with E-state index in [2.05, 4.69) is 20.3 Å². The van der Waals surface area contributed by atoms with Crippen LogP contribution in [0.5, 0.6) is 0 Å². The number of carbonyl (C=O) groups excluding carboxylic acids is 2. The van der Waals surface area contributed by atoms with Crippen LogP contribution in [-0.4, -0.2) is 44.6 Å². The van der Waals surface area contributed by atoms with Gasteiger partial charge in [0.1, 0.15) is 21.2 Å². The Bertz CT molecular complexity index is 1470. The number of fused-ring (bicyclic) bond motifs is 1. The lowest BCUT2D eigenvalue weighted by atomic mass is 10.0. The van der Waals surface area contributed by atoms with Crippen LogP contribution in [0.3, 0.4) is 0 Å². The largest absolute Gasteiger partial charge is 0.455 e. The van der Waals surface area contributed by atoms with Gasteiger partial charge in [0.05, 0.1) is 17.9 Å². The Morgan fingerprint density at radius 3 is 2.64 bits per heavy atom. The van der Waals surface area contributed by atoms with Gasteiger partial charge in [0.25, 0.3) is 18.2 Å². The van der Waals surface area contributed by atoms with E-state index in [1.165, 1.54) is 6.07 Å². The van der Waals surface area contributed by atoms with Gasteiger partial charge in [0.15, 0.2) is 5.76 Å². The smallest absolute Gasteiger partial charge is 0.291 e. The lowest BCUT2D eigenvalue weighted by molar-refractivity contribution is 0.0993. The quantitative estimate of drug-likeness (QED) is 0.375. The van der Waals surface area contributed by atoms with E-state index in [0.717, 1.165) is 37.3 Å². The van der Waals surface area contributed by atoms with Crippen molar-refractivity contribution < 1.29 is 22.8 Å². The Balaban J connectivity index is 1.58. The van der Waals surface area contributed by atoms with Crippen LogP contribution < -0.4 is 11.1 Å². The summed E-state index contributed by atoms with van der Waals surface area (Å²) < 4.78 is 34.7. The first-order valence-corrected chi connectivity index (χ1v) is 12.2. The molecule has 0 aliphatic carbocycles. The summed E-state index contributed by atoms with van der Waals surface area (Å²) in [7, 11) is 1.71. The van der Waals surface area contributed by atoms with Crippen molar-refractivity contribution in [3.05, 3.63) is 52.2 Å². The number of aryl methyl sites for hydroxylation is 2. The van der Waals surface area contributed by atoms with Crippen molar-refractivity contribution in [1.82, 2.24) is 19.7 Å². The predicted octanol–water partition coefficient (Wildman–Crippen LogP) is 4.48. The van der Waals surface area contributed by atoms with E-state index < -0.39 is 23.9 Å². The van der Waals surface area contributed by atoms with Gasteiger partial charge in [0, 0.05) is 24.2 Å². The third-order valence-corrected chi connectivity index (χ3v) is 7.23. The molecule has 2 amide bonds. The highest BCUT2D eigenvalue weighted by Gasteiger charge is 2.27. The second kappa shape index (κ2) is 9.43. The highest BCUT2D eigenvalue weighted by atomic mass is 32.1. The van der Waals surface area contributed by atoms with Gasteiger partial charge in [-0.3, -0.25) is 19.2 Å². The van der Waals surface area contributed by atoms with Gasteiger partial charge in [-0.25, -0.2) is 13.8 Å². The molecule has 5 heterocycles. The number of halogens is 2. The van der Waals surface area contributed by atoms with Gasteiger partial charge in [-0.1, -0.05) is 0 Å². The van der Waals surface area contributed by atoms with Crippen molar-refractivity contribution in [2.24, 2.45) is 12.8 Å². The molecule has 0 atom stereocenters. The van der Waals surface area contributed by atoms with E-state index in [1.54, 1.807) is 37.0 Å². The highest BCUT2D eigenvalue weighted by molar-refractivity contribution is 7.21. The van der Waals surface area contributed by atoms with Gasteiger partial charge >= 0.3 is 0 Å². The van der Waals surface area contributed by atoms with Crippen molar-refractivity contribution >= 4 is 39.1 Å². The minimum absolute atomic E-state index is 0.00362. The first-order chi connectivity index (χ1) is 17.2. The molecule has 0 spiro atoms. The Kier molecular flexibility index (Phi) is 6.31. The molecule has 5 rings (SSSR count). The van der Waals surface area contributed by atoms with Crippen molar-refractivity contribution in [3.63, 3.8) is 0 Å². The zero-order valence-corrected chi connectivity index (χ0v) is 20.5. The van der Waals surface area contributed by atoms with Crippen molar-refractivity contribution in [2.45, 2.75) is 32.7 Å². The number of nitrogens with one attached hydrogen (secondary N) is 1. The Morgan fingerprint density at radius 1 is 1.25 bits per heavy atom. The molecule has 4 aromatic heterocycles. The number of pyridine rings is 1. The number of hydrogen-bond donors (Lipinski definition) is 2. The fourth-order valence-corrected chi connectivity index (χ4v) is 5.53. The summed E-state index contributed by atoms with van der Waals surface area (Å²) in [5.41, 5.74) is 6.80. The second-order valence-electron chi connectivity index (χ2n) is 8.75. The zero-order chi connectivity index (χ0) is 25.6. The fourth-order valence-electron chi connectivity index (χ4n) is 4.52. The summed E-state index contributed by atoms with van der Waals surface area (Å²) in [6.45, 7) is 4.31. The van der Waals surface area contributed by atoms with Crippen LogP contribution in [0.4, 0.5) is 14.5 Å². The third-order valence-electron chi connectivity index (χ3n) is 6.13. The van der Waals surface area contributed by atoms with Gasteiger partial charge < -0.3 is 15.5 Å². The molecule has 1 fully saturated rings. The summed E-state index contributed by atoms with van der Waals surface area (Å²) in [6, 6.07) is 4.57. The summed E-state index contributed by atoms with van der Waals surface area (Å²) in [5, 5.41) is 7.38. The van der Waals surface area contributed by atoms with Gasteiger partial charge in [-0.2, -0.15) is 5.10 Å². The Morgan fingerprint density at radius 2 is 2.00 bits per heavy atom. The summed E-state index contributed by atoms with van der Waals surface area (Å²) in [4.78, 5) is 31.9. The monoisotopic (exact) mass is 514 g/mol. The van der Waals surface area contributed by atoms with E-state index in [9.17, 15) is 18.4 Å². The van der Waals surface area contributed by atoms with Crippen molar-refractivity contribution in [3.8, 4) is 11.1 Å². The minimum Gasteiger partial charge on any atom is -0.455 e. The molecule has 1 saturated heterocycles. The molecule has 0 radical (unpaired) electrons. The number of amides is 2. The summed E-state index contributed by atoms with van der Waals surface area (Å²) >= 11 is 0.851. The molecule has 1 aliphatic rings. The number of thiophene rings is 1. The van der Waals surface area contributed by atoms with Crippen LogP contribution >= 0.6 is 11.3 Å². The van der Waals surface area contributed by atoms with Crippen LogP contribution in [0, 0.1) is 6.92 Å². The van der Waals surface area contributed by atoms with Crippen molar-refractivity contribution in [2.75, 3.05) is 18.4 Å². The first-order valence-electron chi connectivity index (χ1n) is 11.4. The van der Waals surface area contributed by atoms with Gasteiger partial charge in [0.2, 0.25) is 0 Å². The second-order valence-corrected chi connectivity index (χ2v) is 9.75. The summed E-state index contributed by atoms with van der Waals surface area (Å²) in [6.07, 6.45) is 1.12. The van der Waals surface area contributed by atoms with Crippen LogP contribution in [0.2, 0.25) is 0 Å². The molecule has 0 unspecified atom stereocenters. The average molecular weight is 515 g/mol. The number of aromatic nitrogens is 3. The predicted molar refractivity (Wildman–Crippen MR) is 131 cm³/mol. The molecule has 12 heteroatoms. The molecular formula is C24H24F2N6O3S. The maximum Gasteiger partial charge on any atom is 0.291 e. The first kappa shape index (κ1) is 24.1. The number of furan rings is 1. The number of primary amides is 1. The number of nitrogens with zero attached hydrogens (tertiary/aromatic N) is 4. The van der Waals surface area contributed by atoms with E-state index in [0.29, 0.717) is 34.5 Å². The number of hydrogen-bond acceptors (Lipinski definition) is 7. The maximum absolute atomic E-state index is 13.7. The molecule has 0 bridgehead atoms. The Labute approximate surface area is 208 Å². The molecule has 3 N–H and O–H groups in total. The number of nitrogens with two attached hydrogens (primary N) is 1. The normalized spacial score (nSPS) is 14.2. The topological polar surface area (TPSA) is 119 Å². The van der Waals surface area contributed by atoms with E-state index in [4.69, 9.17) is 10.2 Å². The standard InChI is InChI=1S/C24H24F2N6O3S/c1-12-15(11-31(2)30-12)14-9-16(21(25)26)28-24-18(14)19(20(36-24)22(27)33)29-23(34)17-6-5-13(35-17)10-32-7-3-4-8-32/h5-6,9,11,21H,3-4,7-8,10H2,1-2H3,(H2,27,33)(H,29,34). The summed E-state index contributed by atoms with van der Waals surface area (Å²) in [5.74, 6) is -0.677. The van der Waals surface area contributed by atoms with Gasteiger partial charge in [-0.15, -0.1) is 11.3 Å². The minimum atomic E-state index is -2.83. The van der Waals surface area contributed by atoms with E-state index in [-0.39, 0.29) is 21.2 Å². The van der Waals surface area contributed by atoms with Crippen molar-refractivity contribution in [1.29, 1.82) is 0 Å². The number of likely N-dealkylation sites (tertiary alicyclic amines) is 1. The molecule has 0 aromatic carbocycles. The fraction of sp³-hybridized carbons (Fsp3) is 0.333. The highest BCUT2D eigenvalue weighted by Crippen LogP contribution is 2.43. The molecule has 1 aliphatic heterocycles. The number of anilines is 1. The van der Waals surface area contributed by atoms with E-state index >= 15 is 0 Å². The molecular weight excluding hydrogens is 490 g/mol. The number of rotatable bonds is 7. The van der Waals surface area contributed by atoms with Crippen LogP contribution in [0.15, 0.2) is 28.8 Å². The van der Waals surface area contributed by atoms with Crippen LogP contribution in [0.25, 0.3) is 21.3 Å². The average Bonchev–Trinajstić information content (AvgIpc) is 3.61. The molecule has 0 saturated carbocycles. The van der Waals surface area contributed by atoms with Gasteiger partial charge in [-0.05, 0) is 56.6 Å². The number of carbonyl (C=O) groups is 2. The SMILES string of the molecule is Cc1nn(C)cc1-c1cc(C(F)F)nc2sc(C(N)=O)c(NC(=O)c3ccc(CN4CCCC4)o3)c12. The third kappa shape index (κ3) is 4.49. The molecule has 9 nitrogen and oxygen atoms in total. The number of alkyl halides is 2. The Hall–Kier alpha value is -3.64. The zero-order valence-electron chi connectivity index (χ0n) is 19.7. The lowest BCUT2D eigenvalue weighted by Crippen LogP contribution is -2.18. The molecule has 188 valence electrons. The van der Waals surface area contributed by atoms with Crippen LogP contribution in [-0.2, 0) is 13.6 Å². The molecule has 36 heavy (non-hydrogen) atoms. The maximum atomic E-state index is 13.7. The lowest BCUT2D eigenvalue weighted by Gasteiger charge is -2.12.